The molecule has 1 saturated carbocycles. The van der Waals surface area contributed by atoms with Crippen LogP contribution < -0.4 is 4.90 Å². The van der Waals surface area contributed by atoms with E-state index in [4.69, 9.17) is 4.74 Å². The van der Waals surface area contributed by atoms with E-state index in [-0.39, 0.29) is 11.5 Å². The largest absolute Gasteiger partial charge is 0.444 e. The molecule has 7 nitrogen and oxygen atoms in total. The third-order valence-electron chi connectivity index (χ3n) is 6.88. The van der Waals surface area contributed by atoms with E-state index in [0.717, 1.165) is 39.0 Å². The summed E-state index contributed by atoms with van der Waals surface area (Å²) in [5.74, 6) is -2.33. The lowest BCUT2D eigenvalue weighted by Gasteiger charge is -2.61. The first kappa shape index (κ1) is 23.7. The fourth-order valence-corrected chi connectivity index (χ4v) is 5.19. The molecule has 33 heavy (non-hydrogen) atoms. The van der Waals surface area contributed by atoms with Crippen LogP contribution in [0.3, 0.4) is 0 Å². The Morgan fingerprint density at radius 2 is 1.58 bits per heavy atom. The number of halogens is 2. The Bertz CT molecular complexity index is 901. The Hall–Kier alpha value is -2.42. The standard InChI is InChI=1S/C24H34F2N4O3/c1-23(2,3)33-22(32)30-14-24(15-30)12-17(13-24)29-8-6-28(7-9-29)16-10-18(25)20(19(26)11-16)21(31)27(4)5/h10-11,17H,6-9,12-15H2,1-5H3. The van der Waals surface area contributed by atoms with Crippen molar-refractivity contribution in [1.29, 1.82) is 0 Å². The summed E-state index contributed by atoms with van der Waals surface area (Å²) in [5, 5.41) is 0. The van der Waals surface area contributed by atoms with Crippen LogP contribution in [0.1, 0.15) is 44.0 Å². The van der Waals surface area contributed by atoms with Crippen molar-refractivity contribution in [2.24, 2.45) is 5.41 Å². The first-order chi connectivity index (χ1) is 15.4. The molecule has 0 radical (unpaired) electrons. The molecule has 0 unspecified atom stereocenters. The first-order valence-corrected chi connectivity index (χ1v) is 11.6. The Morgan fingerprint density at radius 3 is 2.06 bits per heavy atom. The first-order valence-electron chi connectivity index (χ1n) is 11.6. The summed E-state index contributed by atoms with van der Waals surface area (Å²) >= 11 is 0. The maximum absolute atomic E-state index is 14.5. The molecule has 1 spiro atoms. The van der Waals surface area contributed by atoms with Gasteiger partial charge in [-0.2, -0.15) is 0 Å². The summed E-state index contributed by atoms with van der Waals surface area (Å²) in [6.45, 7) is 10.1. The van der Waals surface area contributed by atoms with Gasteiger partial charge in [0.1, 0.15) is 22.8 Å². The van der Waals surface area contributed by atoms with E-state index in [1.54, 1.807) is 4.90 Å². The highest BCUT2D eigenvalue weighted by Gasteiger charge is 2.55. The molecule has 3 aliphatic rings. The molecule has 1 aromatic carbocycles. The van der Waals surface area contributed by atoms with Crippen LogP contribution in [0.25, 0.3) is 0 Å². The number of rotatable bonds is 3. The fourth-order valence-electron chi connectivity index (χ4n) is 5.19. The SMILES string of the molecule is CN(C)C(=O)c1c(F)cc(N2CCN(C3CC4(C3)CN(C(=O)OC(C)(C)C)C4)CC2)cc1F. The molecule has 182 valence electrons. The van der Waals surface area contributed by atoms with E-state index in [2.05, 4.69) is 4.90 Å². The van der Waals surface area contributed by atoms with Crippen molar-refractivity contribution < 1.29 is 23.1 Å². The summed E-state index contributed by atoms with van der Waals surface area (Å²) in [6.07, 6.45) is 1.90. The van der Waals surface area contributed by atoms with E-state index >= 15 is 0 Å². The van der Waals surface area contributed by atoms with Gasteiger partial charge < -0.3 is 19.4 Å². The molecule has 2 amide bonds. The van der Waals surface area contributed by atoms with Crippen molar-refractivity contribution >= 4 is 17.7 Å². The maximum Gasteiger partial charge on any atom is 0.410 e. The molecule has 0 bridgehead atoms. The number of piperazine rings is 1. The van der Waals surface area contributed by atoms with Crippen molar-refractivity contribution in [3.63, 3.8) is 0 Å². The molecule has 1 aliphatic carbocycles. The quantitative estimate of drug-likeness (QED) is 0.688. The fraction of sp³-hybridized carbons (Fsp3) is 0.667. The molecular weight excluding hydrogens is 430 g/mol. The van der Waals surface area contributed by atoms with E-state index in [1.807, 2.05) is 25.7 Å². The Morgan fingerprint density at radius 1 is 1.03 bits per heavy atom. The number of hydrogen-bond acceptors (Lipinski definition) is 5. The zero-order valence-corrected chi connectivity index (χ0v) is 20.2. The lowest BCUT2D eigenvalue weighted by molar-refractivity contribution is -0.108. The van der Waals surface area contributed by atoms with Gasteiger partial charge in [-0.15, -0.1) is 0 Å². The minimum atomic E-state index is -0.827. The second-order valence-corrected chi connectivity index (χ2v) is 10.9. The lowest BCUT2D eigenvalue weighted by Crippen LogP contribution is -2.69. The summed E-state index contributed by atoms with van der Waals surface area (Å²) in [4.78, 5) is 31.6. The molecule has 9 heteroatoms. The van der Waals surface area contributed by atoms with Gasteiger partial charge in [-0.3, -0.25) is 9.69 Å². The van der Waals surface area contributed by atoms with E-state index in [9.17, 15) is 18.4 Å². The molecule has 1 aromatic rings. The Labute approximate surface area is 194 Å². The van der Waals surface area contributed by atoms with Crippen LogP contribution in [0.2, 0.25) is 0 Å². The van der Waals surface area contributed by atoms with E-state index < -0.39 is 28.7 Å². The van der Waals surface area contributed by atoms with E-state index in [1.165, 1.54) is 31.1 Å². The molecule has 0 aromatic heterocycles. The van der Waals surface area contributed by atoms with Crippen LogP contribution in [0.15, 0.2) is 12.1 Å². The minimum Gasteiger partial charge on any atom is -0.444 e. The van der Waals surface area contributed by atoms with Gasteiger partial charge in [-0.1, -0.05) is 0 Å². The number of likely N-dealkylation sites (tertiary alicyclic amines) is 1. The predicted octanol–water partition coefficient (Wildman–Crippen LogP) is 3.19. The maximum atomic E-state index is 14.5. The average molecular weight is 465 g/mol. The Balaban J connectivity index is 1.26. The number of ether oxygens (including phenoxy) is 1. The number of anilines is 1. The van der Waals surface area contributed by atoms with E-state index in [0.29, 0.717) is 24.8 Å². The lowest BCUT2D eigenvalue weighted by atomic mass is 9.60. The normalized spacial score (nSPS) is 20.9. The van der Waals surface area contributed by atoms with Crippen molar-refractivity contribution in [1.82, 2.24) is 14.7 Å². The van der Waals surface area contributed by atoms with Crippen molar-refractivity contribution in [2.75, 3.05) is 58.3 Å². The van der Waals surface area contributed by atoms with Crippen molar-refractivity contribution in [3.05, 3.63) is 29.3 Å². The number of nitrogens with zero attached hydrogens (tertiary/aromatic N) is 4. The molecule has 2 aliphatic heterocycles. The summed E-state index contributed by atoms with van der Waals surface area (Å²) in [5.41, 5.74) is -0.296. The minimum absolute atomic E-state index is 0.222. The highest BCUT2D eigenvalue weighted by molar-refractivity contribution is 5.94. The number of carbonyl (C=O) groups excluding carboxylic acids is 2. The zero-order valence-electron chi connectivity index (χ0n) is 20.2. The van der Waals surface area contributed by atoms with Gasteiger partial charge in [-0.05, 0) is 45.7 Å². The molecule has 2 saturated heterocycles. The van der Waals surface area contributed by atoms with Gasteiger partial charge in [0.25, 0.3) is 5.91 Å². The van der Waals surface area contributed by atoms with Gasteiger partial charge in [0.2, 0.25) is 0 Å². The summed E-state index contributed by atoms with van der Waals surface area (Å²) in [7, 11) is 2.94. The molecule has 0 N–H and O–H groups in total. The number of benzene rings is 1. The third kappa shape index (κ3) is 4.78. The van der Waals surface area contributed by atoms with Crippen LogP contribution in [-0.2, 0) is 4.74 Å². The number of hydrogen-bond donors (Lipinski definition) is 0. The second kappa shape index (κ2) is 8.42. The van der Waals surface area contributed by atoms with Crippen LogP contribution in [0, 0.1) is 17.0 Å². The van der Waals surface area contributed by atoms with Gasteiger partial charge >= 0.3 is 6.09 Å². The van der Waals surface area contributed by atoms with Crippen molar-refractivity contribution in [3.8, 4) is 0 Å². The topological polar surface area (TPSA) is 56.3 Å². The van der Waals surface area contributed by atoms with Gasteiger partial charge in [0.15, 0.2) is 0 Å². The third-order valence-corrected chi connectivity index (χ3v) is 6.88. The highest BCUT2D eigenvalue weighted by atomic mass is 19.1. The summed E-state index contributed by atoms with van der Waals surface area (Å²) < 4.78 is 34.4. The Kier molecular flexibility index (Phi) is 6.05. The van der Waals surface area contributed by atoms with Crippen LogP contribution in [0.4, 0.5) is 19.3 Å². The van der Waals surface area contributed by atoms with Gasteiger partial charge in [0, 0.05) is 70.5 Å². The highest BCUT2D eigenvalue weighted by Crippen LogP contribution is 2.50. The van der Waals surface area contributed by atoms with Crippen LogP contribution in [-0.4, -0.2) is 91.7 Å². The van der Waals surface area contributed by atoms with Crippen molar-refractivity contribution in [2.45, 2.75) is 45.3 Å². The smallest absolute Gasteiger partial charge is 0.410 e. The summed E-state index contributed by atoms with van der Waals surface area (Å²) in [6, 6.07) is 3.00. The molecular formula is C24H34F2N4O3. The molecule has 4 rings (SSSR count). The van der Waals surface area contributed by atoms with Gasteiger partial charge in [-0.25, -0.2) is 13.6 Å². The molecule has 2 heterocycles. The number of amides is 2. The number of carbonyl (C=O) groups is 2. The average Bonchev–Trinajstić information content (AvgIpc) is 2.64. The predicted molar refractivity (Wildman–Crippen MR) is 121 cm³/mol. The van der Waals surface area contributed by atoms with Gasteiger partial charge in [0.05, 0.1) is 0 Å². The molecule has 0 atom stereocenters. The second-order valence-electron chi connectivity index (χ2n) is 10.9. The monoisotopic (exact) mass is 464 g/mol. The molecule has 3 fully saturated rings. The van der Waals surface area contributed by atoms with Crippen LogP contribution in [0.5, 0.6) is 0 Å². The zero-order chi connectivity index (χ0) is 24.1. The van der Waals surface area contributed by atoms with Crippen LogP contribution >= 0.6 is 0 Å².